The quantitative estimate of drug-likeness (QED) is 0.475. The van der Waals surface area contributed by atoms with E-state index in [2.05, 4.69) is 23.2 Å². The van der Waals surface area contributed by atoms with Crippen LogP contribution in [0.15, 0.2) is 39.5 Å². The minimum atomic E-state index is 0.655. The van der Waals surface area contributed by atoms with Gasteiger partial charge < -0.3 is 0 Å². The molecule has 0 N–H and O–H groups in total. The van der Waals surface area contributed by atoms with Gasteiger partial charge in [-0.25, -0.2) is 4.99 Å². The fourth-order valence-electron chi connectivity index (χ4n) is 2.77. The Morgan fingerprint density at radius 1 is 1.19 bits per heavy atom. The van der Waals surface area contributed by atoms with Crippen LogP contribution in [0.3, 0.4) is 0 Å². The molecule has 84 valence electrons. The van der Waals surface area contributed by atoms with E-state index in [4.69, 9.17) is 11.6 Å². The third-order valence-corrected chi connectivity index (χ3v) is 3.96. The van der Waals surface area contributed by atoms with Gasteiger partial charge in [0.1, 0.15) is 5.16 Å². The van der Waals surface area contributed by atoms with E-state index >= 15 is 0 Å². The summed E-state index contributed by atoms with van der Waals surface area (Å²) in [7, 11) is 0. The predicted molar refractivity (Wildman–Crippen MR) is 68.7 cm³/mol. The van der Waals surface area contributed by atoms with E-state index in [1.165, 1.54) is 31.3 Å². The topological polar surface area (TPSA) is 12.4 Å². The number of nitrogens with zero attached hydrogens (tertiary/aromatic N) is 1. The molecule has 16 heavy (non-hydrogen) atoms. The second kappa shape index (κ2) is 4.21. The first kappa shape index (κ1) is 10.3. The third-order valence-electron chi connectivity index (χ3n) is 3.76. The number of allylic oxidation sites excluding steroid dienone is 5. The Kier molecular flexibility index (Phi) is 2.72. The van der Waals surface area contributed by atoms with Crippen LogP contribution in [0, 0.1) is 11.8 Å². The van der Waals surface area contributed by atoms with Crippen molar-refractivity contribution in [3.63, 3.8) is 0 Å². The molecule has 1 saturated carbocycles. The summed E-state index contributed by atoms with van der Waals surface area (Å²) < 4.78 is 0. The standard InChI is InChI=1S/C14H16ClN/c15-14-9-13(10-4-2-1-3-5-10)12-8-11(12)6-7-16-14/h1-2,7,9-11H,3-6,8H2/b13-12+,14-9?,16-7?. The monoisotopic (exact) mass is 233 g/mol. The molecule has 1 fully saturated rings. The Balaban J connectivity index is 1.91. The van der Waals surface area contributed by atoms with Gasteiger partial charge in [-0.1, -0.05) is 29.3 Å². The van der Waals surface area contributed by atoms with Crippen LogP contribution in [-0.4, -0.2) is 6.21 Å². The van der Waals surface area contributed by atoms with Crippen LogP contribution in [-0.2, 0) is 0 Å². The number of fused-ring (bicyclic) bond motifs is 1. The fourth-order valence-corrected chi connectivity index (χ4v) is 2.95. The average Bonchev–Trinajstić information content (AvgIpc) is 3.03. The molecule has 0 saturated heterocycles. The van der Waals surface area contributed by atoms with E-state index in [0.717, 1.165) is 12.3 Å². The molecule has 0 spiro atoms. The lowest BCUT2D eigenvalue weighted by molar-refractivity contribution is 0.560. The van der Waals surface area contributed by atoms with Crippen LogP contribution in [0.25, 0.3) is 0 Å². The molecular formula is C14H16ClN. The summed E-state index contributed by atoms with van der Waals surface area (Å²) in [5.41, 5.74) is 3.14. The van der Waals surface area contributed by atoms with E-state index in [1.54, 1.807) is 5.57 Å². The van der Waals surface area contributed by atoms with Gasteiger partial charge in [-0.3, -0.25) is 0 Å². The Morgan fingerprint density at radius 3 is 2.94 bits per heavy atom. The van der Waals surface area contributed by atoms with Crippen molar-refractivity contribution in [2.45, 2.75) is 32.1 Å². The highest BCUT2D eigenvalue weighted by Gasteiger charge is 2.34. The fraction of sp³-hybridized carbons (Fsp3) is 0.500. The SMILES string of the molecule is ClC1=C/C(C2CC=CCC2)=C2/CC2CC=N1. The highest BCUT2D eigenvalue weighted by Crippen LogP contribution is 2.47. The molecule has 1 nitrogen and oxygen atoms in total. The van der Waals surface area contributed by atoms with Crippen molar-refractivity contribution in [3.05, 3.63) is 34.5 Å². The van der Waals surface area contributed by atoms with E-state index in [1.807, 2.05) is 6.21 Å². The smallest absolute Gasteiger partial charge is 0.128 e. The van der Waals surface area contributed by atoms with Gasteiger partial charge in [0.25, 0.3) is 0 Å². The summed E-state index contributed by atoms with van der Waals surface area (Å²) in [5.74, 6) is 1.46. The molecule has 0 aromatic heterocycles. The number of aliphatic imine (C=N–C) groups is 1. The summed E-state index contributed by atoms with van der Waals surface area (Å²) in [4.78, 5) is 4.26. The minimum absolute atomic E-state index is 0.655. The zero-order valence-corrected chi connectivity index (χ0v) is 10.1. The lowest BCUT2D eigenvalue weighted by atomic mass is 9.86. The van der Waals surface area contributed by atoms with Gasteiger partial charge in [0.2, 0.25) is 0 Å². The number of hydrogen-bond donors (Lipinski definition) is 0. The van der Waals surface area contributed by atoms with Crippen LogP contribution < -0.4 is 0 Å². The second-order valence-electron chi connectivity index (χ2n) is 4.88. The Bertz CT molecular complexity index is 414. The van der Waals surface area contributed by atoms with Crippen LogP contribution in [0.4, 0.5) is 0 Å². The molecule has 1 heterocycles. The number of halogens is 1. The highest BCUT2D eigenvalue weighted by molar-refractivity contribution is 6.30. The molecule has 2 atom stereocenters. The zero-order chi connectivity index (χ0) is 11.0. The van der Waals surface area contributed by atoms with Crippen molar-refractivity contribution in [3.8, 4) is 0 Å². The third kappa shape index (κ3) is 2.01. The summed E-state index contributed by atoms with van der Waals surface area (Å²) in [5, 5.41) is 0.655. The van der Waals surface area contributed by atoms with E-state index in [9.17, 15) is 0 Å². The molecule has 1 aliphatic heterocycles. The largest absolute Gasteiger partial charge is 0.249 e. The van der Waals surface area contributed by atoms with E-state index < -0.39 is 0 Å². The molecule has 3 aliphatic rings. The molecule has 2 unspecified atom stereocenters. The van der Waals surface area contributed by atoms with Crippen molar-refractivity contribution in [1.29, 1.82) is 0 Å². The Morgan fingerprint density at radius 2 is 2.12 bits per heavy atom. The summed E-state index contributed by atoms with van der Waals surface area (Å²) in [6.07, 6.45) is 14.7. The van der Waals surface area contributed by atoms with Crippen LogP contribution in [0.2, 0.25) is 0 Å². The lowest BCUT2D eigenvalue weighted by Crippen LogP contribution is -2.06. The first-order valence-electron chi connectivity index (χ1n) is 6.12. The molecule has 2 aliphatic carbocycles. The van der Waals surface area contributed by atoms with Crippen molar-refractivity contribution in [1.82, 2.24) is 0 Å². The molecule has 3 rings (SSSR count). The van der Waals surface area contributed by atoms with Gasteiger partial charge in [-0.05, 0) is 55.6 Å². The number of rotatable bonds is 1. The number of hydrogen-bond acceptors (Lipinski definition) is 1. The molecule has 0 amide bonds. The van der Waals surface area contributed by atoms with Gasteiger partial charge in [0.15, 0.2) is 0 Å². The van der Waals surface area contributed by atoms with Gasteiger partial charge in [-0.15, -0.1) is 0 Å². The maximum absolute atomic E-state index is 6.10. The van der Waals surface area contributed by atoms with E-state index in [-0.39, 0.29) is 0 Å². The minimum Gasteiger partial charge on any atom is -0.249 e. The first-order chi connectivity index (χ1) is 7.84. The molecule has 2 heteroatoms. The normalized spacial score (nSPS) is 37.4. The molecule has 0 bridgehead atoms. The van der Waals surface area contributed by atoms with Crippen molar-refractivity contribution in [2.24, 2.45) is 16.8 Å². The van der Waals surface area contributed by atoms with Gasteiger partial charge in [0, 0.05) is 6.21 Å². The van der Waals surface area contributed by atoms with Gasteiger partial charge >= 0.3 is 0 Å². The Hall–Kier alpha value is -0.820. The van der Waals surface area contributed by atoms with Crippen LogP contribution in [0.1, 0.15) is 32.1 Å². The average molecular weight is 234 g/mol. The summed E-state index contributed by atoms with van der Waals surface area (Å²) >= 11 is 6.10. The van der Waals surface area contributed by atoms with Crippen molar-refractivity contribution in [2.75, 3.05) is 0 Å². The van der Waals surface area contributed by atoms with Crippen LogP contribution >= 0.6 is 11.6 Å². The maximum atomic E-state index is 6.10. The van der Waals surface area contributed by atoms with Crippen molar-refractivity contribution < 1.29 is 0 Å². The zero-order valence-electron chi connectivity index (χ0n) is 9.32. The lowest BCUT2D eigenvalue weighted by Gasteiger charge is -2.20. The highest BCUT2D eigenvalue weighted by atomic mass is 35.5. The van der Waals surface area contributed by atoms with Gasteiger partial charge in [-0.2, -0.15) is 0 Å². The molecule has 0 aromatic rings. The molecule has 0 aromatic carbocycles. The van der Waals surface area contributed by atoms with Crippen LogP contribution in [0.5, 0.6) is 0 Å². The summed E-state index contributed by atoms with van der Waals surface area (Å²) in [6, 6.07) is 0. The first-order valence-corrected chi connectivity index (χ1v) is 6.50. The maximum Gasteiger partial charge on any atom is 0.128 e. The predicted octanol–water partition coefficient (Wildman–Crippen LogP) is 4.21. The van der Waals surface area contributed by atoms with E-state index in [0.29, 0.717) is 11.1 Å². The van der Waals surface area contributed by atoms with Crippen molar-refractivity contribution >= 4 is 17.8 Å². The second-order valence-corrected chi connectivity index (χ2v) is 5.26. The van der Waals surface area contributed by atoms with Gasteiger partial charge in [0.05, 0.1) is 0 Å². The molecular weight excluding hydrogens is 218 g/mol. The molecule has 0 radical (unpaired) electrons. The summed E-state index contributed by atoms with van der Waals surface area (Å²) in [6.45, 7) is 0. The Labute approximate surface area is 102 Å².